The van der Waals surface area contributed by atoms with E-state index in [4.69, 9.17) is 15.6 Å². The Morgan fingerprint density at radius 1 is 1.19 bits per heavy atom. The highest BCUT2D eigenvalue weighted by atomic mass is 19.4. The lowest BCUT2D eigenvalue weighted by Gasteiger charge is -2.18. The van der Waals surface area contributed by atoms with Crippen LogP contribution in [-0.2, 0) is 16.1 Å². The molecule has 1 heterocycles. The van der Waals surface area contributed by atoms with Crippen molar-refractivity contribution in [3.8, 4) is 5.69 Å². The van der Waals surface area contributed by atoms with E-state index in [0.717, 1.165) is 36.1 Å². The second kappa shape index (κ2) is 11.7. The zero-order valence-electron chi connectivity index (χ0n) is 19.9. The summed E-state index contributed by atoms with van der Waals surface area (Å²) in [6, 6.07) is 15.6. The molecule has 0 radical (unpaired) electrons. The Bertz CT molecular complexity index is 1290. The molecular formula is C24H27F3N6O4. The number of hydrogen-bond donors (Lipinski definition) is 5. The lowest BCUT2D eigenvalue weighted by Crippen LogP contribution is -2.38. The van der Waals surface area contributed by atoms with Gasteiger partial charge in [-0.1, -0.05) is 30.7 Å². The predicted molar refractivity (Wildman–Crippen MR) is 130 cm³/mol. The van der Waals surface area contributed by atoms with Crippen molar-refractivity contribution in [2.45, 2.75) is 44.9 Å². The Balaban J connectivity index is 0.000000479. The summed E-state index contributed by atoms with van der Waals surface area (Å²) in [6.45, 7) is 2.64. The number of benzene rings is 2. The Kier molecular flexibility index (Phi) is 8.71. The zero-order valence-corrected chi connectivity index (χ0v) is 19.9. The number of amides is 1. The average molecular weight is 521 g/mol. The molecule has 1 fully saturated rings. The van der Waals surface area contributed by atoms with Crippen LogP contribution in [0.5, 0.6) is 0 Å². The molecule has 4 rings (SSSR count). The molecule has 2 aromatic carbocycles. The number of anilines is 2. The molecule has 1 saturated carbocycles. The van der Waals surface area contributed by atoms with Gasteiger partial charge in [-0.05, 0) is 55.2 Å². The Hall–Kier alpha value is -4.13. The third kappa shape index (κ3) is 7.67. The van der Waals surface area contributed by atoms with Crippen LogP contribution in [0, 0.1) is 12.8 Å². The molecule has 198 valence electrons. The largest absolute Gasteiger partial charge is 0.490 e. The number of nitrogens with one attached hydrogen (secondary N) is 3. The van der Waals surface area contributed by atoms with E-state index in [-0.39, 0.29) is 23.6 Å². The van der Waals surface area contributed by atoms with Crippen LogP contribution >= 0.6 is 0 Å². The van der Waals surface area contributed by atoms with E-state index in [1.54, 1.807) is 0 Å². The Morgan fingerprint density at radius 3 is 2.46 bits per heavy atom. The van der Waals surface area contributed by atoms with E-state index < -0.39 is 12.1 Å². The number of aromatic nitrogens is 3. The summed E-state index contributed by atoms with van der Waals surface area (Å²) in [7, 11) is 0. The standard InChI is InChI=1S/C22H26N6O2.C2HF3O2/c1-14-4-2-5-17(12-14)28-22(30)26-21(27-28)25-16-10-8-15(9-11-16)13-24-19-7-3-6-18(19)20(23)29;3-2(4,5)1(6)7/h2,4-5,8-12,18-19,24H,3,6-7,13H2,1H3,(H2,23,29)(H2,25,26,27,30);(H,6,7)/t18-,19+;/m1./s1. The number of carboxylic acid groups (broad SMARTS) is 1. The molecule has 0 unspecified atom stereocenters. The molecule has 1 aliphatic carbocycles. The Morgan fingerprint density at radius 2 is 1.86 bits per heavy atom. The second-order valence-corrected chi connectivity index (χ2v) is 8.58. The number of aromatic amines is 1. The SMILES string of the molecule is Cc1cccc(-n2nc(Nc3ccc(CN[C@H]4CCC[C@H]4C(N)=O)cc3)[nH]c2=O)c1.O=C(O)C(F)(F)F. The summed E-state index contributed by atoms with van der Waals surface area (Å²) in [6.07, 6.45) is -2.21. The van der Waals surface area contributed by atoms with Gasteiger partial charge >= 0.3 is 17.8 Å². The van der Waals surface area contributed by atoms with Gasteiger partial charge in [-0.25, -0.2) is 9.59 Å². The van der Waals surface area contributed by atoms with Crippen molar-refractivity contribution < 1.29 is 27.9 Å². The smallest absolute Gasteiger partial charge is 0.475 e. The first-order valence-electron chi connectivity index (χ1n) is 11.4. The van der Waals surface area contributed by atoms with E-state index in [2.05, 4.69) is 20.7 Å². The summed E-state index contributed by atoms with van der Waals surface area (Å²) < 4.78 is 33.1. The summed E-state index contributed by atoms with van der Waals surface area (Å²) in [5, 5.41) is 18.0. The number of carboxylic acids is 1. The highest BCUT2D eigenvalue weighted by Gasteiger charge is 2.38. The van der Waals surface area contributed by atoms with Crippen LogP contribution in [0.15, 0.2) is 53.3 Å². The van der Waals surface area contributed by atoms with Crippen molar-refractivity contribution in [1.29, 1.82) is 0 Å². The van der Waals surface area contributed by atoms with Crippen molar-refractivity contribution in [1.82, 2.24) is 20.1 Å². The first-order chi connectivity index (χ1) is 17.4. The quantitative estimate of drug-likeness (QED) is 0.321. The molecule has 1 aromatic heterocycles. The van der Waals surface area contributed by atoms with Gasteiger partial charge in [0.15, 0.2) is 0 Å². The maximum absolute atomic E-state index is 12.2. The first kappa shape index (κ1) is 27.5. The summed E-state index contributed by atoms with van der Waals surface area (Å²) in [5.74, 6) is -2.68. The fourth-order valence-corrected chi connectivity index (χ4v) is 3.95. The van der Waals surface area contributed by atoms with Crippen molar-refractivity contribution in [2.24, 2.45) is 11.7 Å². The second-order valence-electron chi connectivity index (χ2n) is 8.58. The number of rotatable bonds is 7. The molecule has 0 spiro atoms. The minimum absolute atomic E-state index is 0.0775. The number of nitrogens with zero attached hydrogens (tertiary/aromatic N) is 2. The molecule has 2 atom stereocenters. The van der Waals surface area contributed by atoms with Crippen LogP contribution < -0.4 is 22.1 Å². The summed E-state index contributed by atoms with van der Waals surface area (Å²) >= 11 is 0. The lowest BCUT2D eigenvalue weighted by molar-refractivity contribution is -0.192. The number of halogens is 3. The fraction of sp³-hybridized carbons (Fsp3) is 0.333. The van der Waals surface area contributed by atoms with E-state index in [1.807, 2.05) is 55.5 Å². The van der Waals surface area contributed by atoms with Gasteiger partial charge in [0.25, 0.3) is 0 Å². The van der Waals surface area contributed by atoms with Crippen LogP contribution in [0.2, 0.25) is 0 Å². The number of carbonyl (C=O) groups is 2. The molecule has 3 aromatic rings. The lowest BCUT2D eigenvalue weighted by atomic mass is 10.0. The van der Waals surface area contributed by atoms with Gasteiger partial charge in [0, 0.05) is 18.3 Å². The molecule has 6 N–H and O–H groups in total. The monoisotopic (exact) mass is 520 g/mol. The maximum Gasteiger partial charge on any atom is 0.490 e. The van der Waals surface area contributed by atoms with Crippen molar-refractivity contribution >= 4 is 23.5 Å². The van der Waals surface area contributed by atoms with Gasteiger partial charge < -0.3 is 21.5 Å². The zero-order chi connectivity index (χ0) is 27.2. The van der Waals surface area contributed by atoms with E-state index in [9.17, 15) is 22.8 Å². The number of alkyl halides is 3. The van der Waals surface area contributed by atoms with E-state index >= 15 is 0 Å². The molecule has 0 saturated heterocycles. The maximum atomic E-state index is 12.2. The third-order valence-corrected chi connectivity index (χ3v) is 5.77. The molecular weight excluding hydrogens is 493 g/mol. The van der Waals surface area contributed by atoms with E-state index in [1.165, 1.54) is 4.68 Å². The van der Waals surface area contributed by atoms with Gasteiger partial charge in [-0.2, -0.15) is 17.9 Å². The number of carbonyl (C=O) groups excluding carboxylic acids is 1. The molecule has 0 bridgehead atoms. The van der Waals surface area contributed by atoms with Crippen molar-refractivity contribution in [2.75, 3.05) is 5.32 Å². The summed E-state index contributed by atoms with van der Waals surface area (Å²) in [5.41, 5.74) is 8.88. The highest BCUT2D eigenvalue weighted by Crippen LogP contribution is 2.25. The van der Waals surface area contributed by atoms with Crippen molar-refractivity contribution in [3.05, 3.63) is 70.1 Å². The minimum atomic E-state index is -5.08. The number of hydrogen-bond acceptors (Lipinski definition) is 6. The van der Waals surface area contributed by atoms with E-state index in [0.29, 0.717) is 18.2 Å². The van der Waals surface area contributed by atoms with Crippen LogP contribution in [-0.4, -0.2) is 44.0 Å². The summed E-state index contributed by atoms with van der Waals surface area (Å²) in [4.78, 5) is 35.4. The number of primary amides is 1. The number of aliphatic carboxylic acids is 1. The number of H-pyrrole nitrogens is 1. The topological polar surface area (TPSA) is 155 Å². The van der Waals surface area contributed by atoms with Crippen LogP contribution in [0.1, 0.15) is 30.4 Å². The van der Waals surface area contributed by atoms with Crippen LogP contribution in [0.3, 0.4) is 0 Å². The average Bonchev–Trinajstić information content (AvgIpc) is 3.45. The predicted octanol–water partition coefficient (Wildman–Crippen LogP) is 2.99. The normalized spacial score (nSPS) is 17.1. The number of aryl methyl sites for hydroxylation is 1. The van der Waals surface area contributed by atoms with Gasteiger partial charge in [-0.15, -0.1) is 5.10 Å². The molecule has 1 aliphatic rings. The molecule has 0 aliphatic heterocycles. The highest BCUT2D eigenvalue weighted by molar-refractivity contribution is 5.77. The molecule has 1 amide bonds. The van der Waals surface area contributed by atoms with Gasteiger partial charge in [-0.3, -0.25) is 9.78 Å². The molecule has 37 heavy (non-hydrogen) atoms. The number of nitrogens with two attached hydrogens (primary N) is 1. The van der Waals surface area contributed by atoms with Gasteiger partial charge in [0.05, 0.1) is 11.6 Å². The van der Waals surface area contributed by atoms with Crippen LogP contribution in [0.4, 0.5) is 24.8 Å². The third-order valence-electron chi connectivity index (χ3n) is 5.77. The first-order valence-corrected chi connectivity index (χ1v) is 11.4. The fourth-order valence-electron chi connectivity index (χ4n) is 3.95. The minimum Gasteiger partial charge on any atom is -0.475 e. The van der Waals surface area contributed by atoms with Gasteiger partial charge in [0.1, 0.15) is 0 Å². The molecule has 13 heteroatoms. The van der Waals surface area contributed by atoms with Gasteiger partial charge in [0.2, 0.25) is 11.9 Å². The Labute approximate surface area is 209 Å². The van der Waals surface area contributed by atoms with Crippen molar-refractivity contribution in [3.63, 3.8) is 0 Å². The van der Waals surface area contributed by atoms with Crippen LogP contribution in [0.25, 0.3) is 5.69 Å². The molecule has 10 nitrogen and oxygen atoms in total.